The van der Waals surface area contributed by atoms with Gasteiger partial charge in [-0.2, -0.15) is 0 Å². The van der Waals surface area contributed by atoms with Crippen LogP contribution in [0.15, 0.2) is 24.3 Å². The molecule has 0 aliphatic rings. The average molecular weight is 295 g/mol. The predicted octanol–water partition coefficient (Wildman–Crippen LogP) is 0.923. The molecule has 0 unspecified atom stereocenters. The fourth-order valence-electron chi connectivity index (χ4n) is 1.87. The molecule has 0 radical (unpaired) electrons. The van der Waals surface area contributed by atoms with Crippen molar-refractivity contribution in [3.05, 3.63) is 29.8 Å². The van der Waals surface area contributed by atoms with Crippen LogP contribution in [0.3, 0.4) is 0 Å². The van der Waals surface area contributed by atoms with Crippen molar-refractivity contribution in [2.75, 3.05) is 26.3 Å². The third-order valence-corrected chi connectivity index (χ3v) is 2.91. The molecule has 0 spiro atoms. The van der Waals surface area contributed by atoms with Crippen molar-refractivity contribution in [1.29, 1.82) is 0 Å². The smallest absolute Gasteiger partial charge is 0.305 e. The van der Waals surface area contributed by atoms with Crippen molar-refractivity contribution < 1.29 is 24.5 Å². The Hall–Kier alpha value is -2.08. The van der Waals surface area contributed by atoms with E-state index in [2.05, 4.69) is 0 Å². The SMILES string of the molecule is CCOc1ccc(CC(=O)N(CCO)CCC(=O)O)cc1. The number of benzene rings is 1. The molecule has 0 saturated heterocycles. The van der Waals surface area contributed by atoms with E-state index >= 15 is 0 Å². The van der Waals surface area contributed by atoms with Gasteiger partial charge in [-0.05, 0) is 24.6 Å². The second-order valence-electron chi connectivity index (χ2n) is 4.50. The molecule has 0 aliphatic heterocycles. The van der Waals surface area contributed by atoms with Crippen molar-refractivity contribution in [3.8, 4) is 5.75 Å². The van der Waals surface area contributed by atoms with Gasteiger partial charge in [-0.3, -0.25) is 9.59 Å². The van der Waals surface area contributed by atoms with Gasteiger partial charge in [0, 0.05) is 13.1 Å². The van der Waals surface area contributed by atoms with Gasteiger partial charge in [0.1, 0.15) is 5.75 Å². The summed E-state index contributed by atoms with van der Waals surface area (Å²) in [6, 6.07) is 7.19. The molecule has 1 aromatic carbocycles. The van der Waals surface area contributed by atoms with E-state index in [4.69, 9.17) is 14.9 Å². The van der Waals surface area contributed by atoms with Crippen LogP contribution in [0.5, 0.6) is 5.75 Å². The van der Waals surface area contributed by atoms with Gasteiger partial charge in [0.15, 0.2) is 0 Å². The molecule has 116 valence electrons. The topological polar surface area (TPSA) is 87.1 Å². The van der Waals surface area contributed by atoms with Gasteiger partial charge >= 0.3 is 5.97 Å². The molecule has 0 fully saturated rings. The monoisotopic (exact) mass is 295 g/mol. The van der Waals surface area contributed by atoms with Crippen LogP contribution in [0.4, 0.5) is 0 Å². The van der Waals surface area contributed by atoms with Crippen molar-refractivity contribution in [3.63, 3.8) is 0 Å². The number of carbonyl (C=O) groups is 2. The maximum Gasteiger partial charge on any atom is 0.305 e. The van der Waals surface area contributed by atoms with Crippen LogP contribution in [0.2, 0.25) is 0 Å². The Morgan fingerprint density at radius 1 is 1.19 bits per heavy atom. The summed E-state index contributed by atoms with van der Waals surface area (Å²) >= 11 is 0. The summed E-state index contributed by atoms with van der Waals surface area (Å²) in [4.78, 5) is 24.1. The van der Waals surface area contributed by atoms with Gasteiger partial charge in [-0.1, -0.05) is 12.1 Å². The summed E-state index contributed by atoms with van der Waals surface area (Å²) < 4.78 is 5.32. The Bertz CT molecular complexity index is 458. The van der Waals surface area contributed by atoms with E-state index in [9.17, 15) is 9.59 Å². The molecule has 0 saturated carbocycles. The summed E-state index contributed by atoms with van der Waals surface area (Å²) in [6.45, 7) is 2.54. The zero-order valence-electron chi connectivity index (χ0n) is 12.1. The summed E-state index contributed by atoms with van der Waals surface area (Å²) in [5.41, 5.74) is 0.821. The van der Waals surface area contributed by atoms with Gasteiger partial charge in [0.05, 0.1) is 26.1 Å². The number of aliphatic hydroxyl groups excluding tert-OH is 1. The van der Waals surface area contributed by atoms with E-state index in [1.54, 1.807) is 24.3 Å². The maximum absolute atomic E-state index is 12.1. The lowest BCUT2D eigenvalue weighted by atomic mass is 10.1. The van der Waals surface area contributed by atoms with Crippen LogP contribution < -0.4 is 4.74 Å². The molecule has 0 aliphatic carbocycles. The average Bonchev–Trinajstić information content (AvgIpc) is 2.45. The second kappa shape index (κ2) is 8.97. The molecule has 1 aromatic rings. The molecule has 6 heteroatoms. The van der Waals surface area contributed by atoms with Crippen LogP contribution in [0.25, 0.3) is 0 Å². The quantitative estimate of drug-likeness (QED) is 0.707. The van der Waals surface area contributed by atoms with Gasteiger partial charge in [0.2, 0.25) is 5.91 Å². The van der Waals surface area contributed by atoms with Crippen LogP contribution in [-0.2, 0) is 16.0 Å². The van der Waals surface area contributed by atoms with Crippen molar-refractivity contribution in [1.82, 2.24) is 4.90 Å². The van der Waals surface area contributed by atoms with Crippen molar-refractivity contribution in [2.45, 2.75) is 19.8 Å². The molecular weight excluding hydrogens is 274 g/mol. The Morgan fingerprint density at radius 2 is 1.86 bits per heavy atom. The molecule has 6 nitrogen and oxygen atoms in total. The zero-order valence-corrected chi connectivity index (χ0v) is 12.1. The highest BCUT2D eigenvalue weighted by Crippen LogP contribution is 2.13. The van der Waals surface area contributed by atoms with Gasteiger partial charge in [-0.25, -0.2) is 0 Å². The summed E-state index contributed by atoms with van der Waals surface area (Å²) in [5.74, 6) is -0.423. The normalized spacial score (nSPS) is 10.2. The summed E-state index contributed by atoms with van der Waals surface area (Å²) in [6.07, 6.45) is 0.0427. The van der Waals surface area contributed by atoms with Crippen molar-refractivity contribution in [2.24, 2.45) is 0 Å². The van der Waals surface area contributed by atoms with E-state index in [1.807, 2.05) is 6.92 Å². The summed E-state index contributed by atoms with van der Waals surface area (Å²) in [5, 5.41) is 17.6. The first-order valence-corrected chi connectivity index (χ1v) is 6.89. The predicted molar refractivity (Wildman–Crippen MR) is 77.2 cm³/mol. The van der Waals surface area contributed by atoms with Crippen LogP contribution in [-0.4, -0.2) is 53.3 Å². The molecule has 2 N–H and O–H groups in total. The highest BCUT2D eigenvalue weighted by molar-refractivity contribution is 5.79. The van der Waals surface area contributed by atoms with E-state index in [-0.39, 0.29) is 38.4 Å². The first kappa shape index (κ1) is 17.0. The highest BCUT2D eigenvalue weighted by atomic mass is 16.5. The Kier molecular flexibility index (Phi) is 7.25. The second-order valence-corrected chi connectivity index (χ2v) is 4.50. The third-order valence-electron chi connectivity index (χ3n) is 2.91. The number of nitrogens with zero attached hydrogens (tertiary/aromatic N) is 1. The molecular formula is C15H21NO5. The van der Waals surface area contributed by atoms with Crippen LogP contribution in [0.1, 0.15) is 18.9 Å². The lowest BCUT2D eigenvalue weighted by Gasteiger charge is -2.21. The molecule has 0 bridgehead atoms. The molecule has 0 aromatic heterocycles. The first-order chi connectivity index (χ1) is 10.1. The fraction of sp³-hybridized carbons (Fsp3) is 0.467. The summed E-state index contributed by atoms with van der Waals surface area (Å²) in [7, 11) is 0. The lowest BCUT2D eigenvalue weighted by molar-refractivity contribution is -0.138. The minimum Gasteiger partial charge on any atom is -0.494 e. The highest BCUT2D eigenvalue weighted by Gasteiger charge is 2.14. The number of carboxylic acid groups (broad SMARTS) is 1. The van der Waals surface area contributed by atoms with Gasteiger partial charge in [0.25, 0.3) is 0 Å². The Balaban J connectivity index is 2.60. The van der Waals surface area contributed by atoms with Gasteiger partial charge in [-0.15, -0.1) is 0 Å². The molecule has 0 heterocycles. The van der Waals surface area contributed by atoms with Crippen LogP contribution in [0, 0.1) is 0 Å². The van der Waals surface area contributed by atoms with E-state index in [1.165, 1.54) is 4.90 Å². The van der Waals surface area contributed by atoms with Crippen molar-refractivity contribution >= 4 is 11.9 Å². The van der Waals surface area contributed by atoms with E-state index in [0.29, 0.717) is 6.61 Å². The fourth-order valence-corrected chi connectivity index (χ4v) is 1.87. The number of aliphatic hydroxyl groups is 1. The minimum atomic E-state index is -0.966. The molecule has 1 rings (SSSR count). The molecule has 1 amide bonds. The largest absolute Gasteiger partial charge is 0.494 e. The van der Waals surface area contributed by atoms with E-state index in [0.717, 1.165) is 11.3 Å². The Labute approximate surface area is 124 Å². The number of amides is 1. The number of rotatable bonds is 9. The van der Waals surface area contributed by atoms with E-state index < -0.39 is 5.97 Å². The first-order valence-electron chi connectivity index (χ1n) is 6.89. The zero-order chi connectivity index (χ0) is 15.7. The van der Waals surface area contributed by atoms with Gasteiger partial charge < -0.3 is 19.8 Å². The third kappa shape index (κ3) is 6.27. The molecule has 0 atom stereocenters. The molecule has 21 heavy (non-hydrogen) atoms. The number of ether oxygens (including phenoxy) is 1. The standard InChI is InChI=1S/C15H21NO5/c1-2-21-13-5-3-12(4-6-13)11-14(18)16(9-10-17)8-7-15(19)20/h3-6,17H,2,7-11H2,1H3,(H,19,20). The number of aliphatic carboxylic acids is 1. The van der Waals surface area contributed by atoms with Crippen LogP contribution >= 0.6 is 0 Å². The number of carbonyl (C=O) groups excluding carboxylic acids is 1. The Morgan fingerprint density at radius 3 is 2.38 bits per heavy atom. The number of hydrogen-bond acceptors (Lipinski definition) is 4. The number of carboxylic acids is 1. The number of hydrogen-bond donors (Lipinski definition) is 2. The lowest BCUT2D eigenvalue weighted by Crippen LogP contribution is -2.36. The maximum atomic E-state index is 12.1. The minimum absolute atomic E-state index is 0.103.